The number of hydrogen-bond donors (Lipinski definition) is 0. The lowest BCUT2D eigenvalue weighted by Gasteiger charge is -2.29. The lowest BCUT2D eigenvalue weighted by Crippen LogP contribution is -2.36. The van der Waals surface area contributed by atoms with Crippen LogP contribution in [0.25, 0.3) is 0 Å². The smallest absolute Gasteiger partial charge is 0.126 e. The third-order valence-electron chi connectivity index (χ3n) is 4.08. The van der Waals surface area contributed by atoms with Crippen LogP contribution in [0.4, 0.5) is 0 Å². The molecule has 2 aliphatic rings. The van der Waals surface area contributed by atoms with Gasteiger partial charge in [0.25, 0.3) is 0 Å². The van der Waals surface area contributed by atoms with Gasteiger partial charge in [0, 0.05) is 0 Å². The second kappa shape index (κ2) is 2.93. The summed E-state index contributed by atoms with van der Waals surface area (Å²) in [7, 11) is -1.76. The maximum Gasteiger partial charge on any atom is 0.216 e. The normalized spacial score (nSPS) is 37.0. The van der Waals surface area contributed by atoms with E-state index in [-0.39, 0.29) is 0 Å². The van der Waals surface area contributed by atoms with Gasteiger partial charge in [-0.3, -0.25) is 0 Å². The van der Waals surface area contributed by atoms with Crippen molar-refractivity contribution in [3.63, 3.8) is 0 Å². The molecule has 13 heavy (non-hydrogen) atoms. The van der Waals surface area contributed by atoms with Crippen molar-refractivity contribution in [2.75, 3.05) is 0 Å². The Balaban J connectivity index is 2.20. The second-order valence-electron chi connectivity index (χ2n) is 4.77. The summed E-state index contributed by atoms with van der Waals surface area (Å²) in [6.07, 6.45) is 16.8. The Hall–Kier alpha value is -0.663. The van der Waals surface area contributed by atoms with Crippen molar-refractivity contribution >= 4 is 8.07 Å². The average Bonchev–Trinajstić information content (AvgIpc) is 2.77. The Morgan fingerprint density at radius 1 is 1.15 bits per heavy atom. The number of fused-ring (bicyclic) bond motifs is 2. The van der Waals surface area contributed by atoms with Crippen molar-refractivity contribution in [1.29, 1.82) is 0 Å². The molecule has 0 radical (unpaired) electrons. The third kappa shape index (κ3) is 1.23. The quantitative estimate of drug-likeness (QED) is 0.438. The molecule has 0 aliphatic heterocycles. The van der Waals surface area contributed by atoms with E-state index in [9.17, 15) is 0 Å². The molecule has 0 aromatic carbocycles. The molecule has 0 amide bonds. The minimum Gasteiger partial charge on any atom is -0.126 e. The minimum absolute atomic E-state index is 0.737. The van der Waals surface area contributed by atoms with Gasteiger partial charge in [0.05, 0.1) is 0 Å². The van der Waals surface area contributed by atoms with Crippen LogP contribution in [-0.4, -0.2) is 8.07 Å². The van der Waals surface area contributed by atoms with Crippen LogP contribution in [0.15, 0.2) is 0 Å². The fourth-order valence-electron chi connectivity index (χ4n) is 3.21. The van der Waals surface area contributed by atoms with Crippen LogP contribution in [0.3, 0.4) is 0 Å². The van der Waals surface area contributed by atoms with E-state index in [1.54, 1.807) is 0 Å². The topological polar surface area (TPSA) is 0 Å². The van der Waals surface area contributed by atoms with Crippen molar-refractivity contribution in [3.8, 4) is 23.9 Å². The first-order chi connectivity index (χ1) is 6.19. The van der Waals surface area contributed by atoms with Crippen LogP contribution in [0.2, 0.25) is 12.1 Å². The summed E-state index contributed by atoms with van der Waals surface area (Å²) in [6, 6.07) is 0. The van der Waals surface area contributed by atoms with Gasteiger partial charge in [-0.1, -0.05) is 12.8 Å². The number of terminal acetylenes is 2. The van der Waals surface area contributed by atoms with E-state index >= 15 is 0 Å². The van der Waals surface area contributed by atoms with Crippen LogP contribution in [0.5, 0.6) is 0 Å². The first-order valence-electron chi connectivity index (χ1n) is 5.15. The Bertz CT molecular complexity index is 277. The van der Waals surface area contributed by atoms with Crippen LogP contribution in [-0.2, 0) is 0 Å². The van der Waals surface area contributed by atoms with Gasteiger partial charge in [-0.2, -0.15) is 0 Å². The number of hydrogen-bond acceptors (Lipinski definition) is 0. The minimum atomic E-state index is -1.76. The summed E-state index contributed by atoms with van der Waals surface area (Å²) in [5.41, 5.74) is 6.65. The molecule has 0 nitrogen and oxygen atoms in total. The van der Waals surface area contributed by atoms with Crippen LogP contribution in [0, 0.1) is 35.8 Å². The fraction of sp³-hybridized carbons (Fsp3) is 0.667. The molecule has 0 aromatic rings. The highest BCUT2D eigenvalue weighted by Crippen LogP contribution is 2.54. The van der Waals surface area contributed by atoms with Crippen molar-refractivity contribution in [1.82, 2.24) is 0 Å². The Morgan fingerprint density at radius 2 is 1.85 bits per heavy atom. The monoisotopic (exact) mass is 188 g/mol. The van der Waals surface area contributed by atoms with Crippen molar-refractivity contribution in [2.45, 2.75) is 37.8 Å². The molecule has 2 aliphatic carbocycles. The van der Waals surface area contributed by atoms with Gasteiger partial charge in [-0.15, -0.1) is 23.9 Å². The molecule has 3 atom stereocenters. The molecule has 2 fully saturated rings. The molecule has 2 rings (SSSR count). The van der Waals surface area contributed by atoms with Gasteiger partial charge in [0.1, 0.15) is 0 Å². The first kappa shape index (κ1) is 8.91. The standard InChI is InChI=1S/C12H16Si/c1-4-13(3,5-2)12-9-10-6-7-11(12)8-10/h1-2,10-12H,6-9H2,3H3. The summed E-state index contributed by atoms with van der Waals surface area (Å²) < 4.78 is 0. The molecule has 68 valence electrons. The van der Waals surface area contributed by atoms with Crippen molar-refractivity contribution < 1.29 is 0 Å². The maximum atomic E-state index is 5.60. The average molecular weight is 188 g/mol. The summed E-state index contributed by atoms with van der Waals surface area (Å²) in [4.78, 5) is 0. The Labute approximate surface area is 82.1 Å². The Kier molecular flexibility index (Phi) is 2.01. The highest BCUT2D eigenvalue weighted by atomic mass is 28.3. The molecular formula is C12H16Si. The molecule has 2 bridgehead atoms. The summed E-state index contributed by atoms with van der Waals surface area (Å²) in [5, 5.41) is 0. The Morgan fingerprint density at radius 3 is 2.23 bits per heavy atom. The molecule has 0 N–H and O–H groups in total. The highest BCUT2D eigenvalue weighted by Gasteiger charge is 2.48. The predicted molar refractivity (Wildman–Crippen MR) is 58.5 cm³/mol. The molecule has 0 heterocycles. The molecule has 2 saturated carbocycles. The summed E-state index contributed by atoms with van der Waals surface area (Å²) in [5.74, 6) is 1.84. The maximum absolute atomic E-state index is 5.60. The zero-order valence-electron chi connectivity index (χ0n) is 8.22. The van der Waals surface area contributed by atoms with Crippen molar-refractivity contribution in [2.24, 2.45) is 11.8 Å². The zero-order chi connectivity index (χ0) is 9.47. The van der Waals surface area contributed by atoms with Gasteiger partial charge < -0.3 is 0 Å². The molecule has 1 heteroatoms. The van der Waals surface area contributed by atoms with E-state index in [0.29, 0.717) is 0 Å². The van der Waals surface area contributed by atoms with Crippen LogP contribution >= 0.6 is 0 Å². The second-order valence-corrected chi connectivity index (χ2v) is 8.50. The number of rotatable bonds is 1. The molecule has 3 unspecified atom stereocenters. The molecule has 0 spiro atoms. The van der Waals surface area contributed by atoms with Gasteiger partial charge in [-0.25, -0.2) is 0 Å². The highest BCUT2D eigenvalue weighted by molar-refractivity contribution is 6.94. The SMILES string of the molecule is C#C[Si](C)(C#C)C1CC2CCC1C2. The van der Waals surface area contributed by atoms with E-state index in [2.05, 4.69) is 17.6 Å². The molecular weight excluding hydrogens is 172 g/mol. The van der Waals surface area contributed by atoms with E-state index < -0.39 is 8.07 Å². The van der Waals surface area contributed by atoms with Gasteiger partial charge in [0.15, 0.2) is 0 Å². The third-order valence-corrected chi connectivity index (χ3v) is 7.47. The zero-order valence-corrected chi connectivity index (χ0v) is 9.22. The van der Waals surface area contributed by atoms with E-state index in [1.165, 1.54) is 25.7 Å². The van der Waals surface area contributed by atoms with Gasteiger partial charge in [-0.05, 0) is 36.8 Å². The lowest BCUT2D eigenvalue weighted by molar-refractivity contribution is 0.473. The first-order valence-corrected chi connectivity index (χ1v) is 7.73. The van der Waals surface area contributed by atoms with E-state index in [4.69, 9.17) is 12.8 Å². The van der Waals surface area contributed by atoms with Crippen LogP contribution < -0.4 is 0 Å². The van der Waals surface area contributed by atoms with Crippen LogP contribution in [0.1, 0.15) is 25.7 Å². The summed E-state index contributed by atoms with van der Waals surface area (Å²) in [6.45, 7) is 2.19. The van der Waals surface area contributed by atoms with Gasteiger partial charge >= 0.3 is 0 Å². The van der Waals surface area contributed by atoms with E-state index in [1.807, 2.05) is 0 Å². The van der Waals surface area contributed by atoms with Crippen molar-refractivity contribution in [3.05, 3.63) is 0 Å². The summed E-state index contributed by atoms with van der Waals surface area (Å²) >= 11 is 0. The van der Waals surface area contributed by atoms with Gasteiger partial charge in [0.2, 0.25) is 8.07 Å². The predicted octanol–water partition coefficient (Wildman–Crippen LogP) is 2.60. The lowest BCUT2D eigenvalue weighted by atomic mass is 10.0. The molecule has 0 saturated heterocycles. The molecule has 0 aromatic heterocycles. The largest absolute Gasteiger partial charge is 0.216 e. The fourth-order valence-corrected chi connectivity index (χ4v) is 5.77. The van der Waals surface area contributed by atoms with E-state index in [0.717, 1.165) is 17.4 Å².